The molecule has 1 aliphatic heterocycles. The minimum Gasteiger partial charge on any atom is -0.391 e. The number of amides is 2. The maximum Gasteiger partial charge on any atom is 0.251 e. The van der Waals surface area contributed by atoms with Gasteiger partial charge < -0.3 is 15.3 Å². The Bertz CT molecular complexity index is 504. The molecule has 2 amide bonds. The van der Waals surface area contributed by atoms with Crippen LogP contribution in [0.1, 0.15) is 30.6 Å². The first-order chi connectivity index (χ1) is 9.99. The van der Waals surface area contributed by atoms with Gasteiger partial charge >= 0.3 is 0 Å². The Hall–Kier alpha value is -1.88. The highest BCUT2D eigenvalue weighted by Crippen LogP contribution is 2.17. The maximum absolute atomic E-state index is 12.3. The number of hydrogen-bond acceptors (Lipinski definition) is 3. The highest BCUT2D eigenvalue weighted by atomic mass is 16.3. The van der Waals surface area contributed by atoms with Crippen LogP contribution >= 0.6 is 0 Å². The van der Waals surface area contributed by atoms with Gasteiger partial charge in [0.25, 0.3) is 5.91 Å². The number of benzene rings is 1. The fraction of sp³-hybridized carbons (Fsp3) is 0.500. The van der Waals surface area contributed by atoms with Gasteiger partial charge in [-0.2, -0.15) is 0 Å². The lowest BCUT2D eigenvalue weighted by Crippen LogP contribution is -2.52. The molecule has 1 aromatic carbocycles. The summed E-state index contributed by atoms with van der Waals surface area (Å²) in [6, 6.07) is 8.21. The van der Waals surface area contributed by atoms with Gasteiger partial charge in [-0.1, -0.05) is 25.1 Å². The van der Waals surface area contributed by atoms with Crippen LogP contribution in [0.2, 0.25) is 0 Å². The standard InChI is InChI=1S/C16H22N2O3/c1-11-8-9-18(10-14(11)19)16(21)12(2)17-15(20)13-6-4-3-5-7-13/h3-7,11-12,14,19H,8-10H2,1-2H3,(H,17,20). The highest BCUT2D eigenvalue weighted by Gasteiger charge is 2.30. The second kappa shape index (κ2) is 6.72. The van der Waals surface area contributed by atoms with Crippen LogP contribution in [-0.2, 0) is 4.79 Å². The molecule has 2 rings (SSSR count). The van der Waals surface area contributed by atoms with Crippen molar-refractivity contribution in [3.05, 3.63) is 35.9 Å². The van der Waals surface area contributed by atoms with Gasteiger partial charge in [-0.25, -0.2) is 0 Å². The van der Waals surface area contributed by atoms with Crippen molar-refractivity contribution in [3.63, 3.8) is 0 Å². The second-order valence-corrected chi connectivity index (χ2v) is 5.68. The number of aliphatic hydroxyl groups is 1. The monoisotopic (exact) mass is 290 g/mol. The van der Waals surface area contributed by atoms with Crippen molar-refractivity contribution in [1.29, 1.82) is 0 Å². The minimum atomic E-state index is -0.599. The van der Waals surface area contributed by atoms with Crippen molar-refractivity contribution in [2.75, 3.05) is 13.1 Å². The third-order valence-electron chi connectivity index (χ3n) is 3.98. The first kappa shape index (κ1) is 15.5. The van der Waals surface area contributed by atoms with Crippen molar-refractivity contribution in [2.45, 2.75) is 32.4 Å². The van der Waals surface area contributed by atoms with Crippen molar-refractivity contribution in [2.24, 2.45) is 5.92 Å². The SMILES string of the molecule is CC(NC(=O)c1ccccc1)C(=O)N1CCC(C)C(O)C1. The number of nitrogens with one attached hydrogen (secondary N) is 1. The molecular weight excluding hydrogens is 268 g/mol. The zero-order chi connectivity index (χ0) is 15.4. The topological polar surface area (TPSA) is 69.6 Å². The highest BCUT2D eigenvalue weighted by molar-refractivity contribution is 5.97. The van der Waals surface area contributed by atoms with E-state index in [9.17, 15) is 14.7 Å². The fourth-order valence-electron chi connectivity index (χ4n) is 2.45. The van der Waals surface area contributed by atoms with E-state index in [-0.39, 0.29) is 17.7 Å². The number of β-amino-alcohol motifs (C(OH)–C–C–N with tert-alkyl or cyclic N) is 1. The zero-order valence-corrected chi connectivity index (χ0v) is 12.5. The van der Waals surface area contributed by atoms with Gasteiger partial charge in [-0.05, 0) is 31.4 Å². The smallest absolute Gasteiger partial charge is 0.251 e. The average Bonchev–Trinajstić information content (AvgIpc) is 2.50. The Balaban J connectivity index is 1.92. The summed E-state index contributed by atoms with van der Waals surface area (Å²) in [6.07, 6.45) is 0.298. The molecule has 1 heterocycles. The fourth-order valence-corrected chi connectivity index (χ4v) is 2.45. The van der Waals surface area contributed by atoms with Gasteiger partial charge in [-0.3, -0.25) is 9.59 Å². The van der Waals surface area contributed by atoms with E-state index >= 15 is 0 Å². The van der Waals surface area contributed by atoms with Gasteiger partial charge in [-0.15, -0.1) is 0 Å². The lowest BCUT2D eigenvalue weighted by Gasteiger charge is -2.35. The molecule has 1 aliphatic rings. The lowest BCUT2D eigenvalue weighted by molar-refractivity contribution is -0.137. The van der Waals surface area contributed by atoms with Crippen LogP contribution in [0.3, 0.4) is 0 Å². The van der Waals surface area contributed by atoms with Crippen molar-refractivity contribution in [1.82, 2.24) is 10.2 Å². The molecule has 3 unspecified atom stereocenters. The number of rotatable bonds is 3. The summed E-state index contributed by atoms with van der Waals surface area (Å²) in [5, 5.41) is 12.6. The lowest BCUT2D eigenvalue weighted by atomic mass is 9.95. The van der Waals surface area contributed by atoms with Crippen molar-refractivity contribution < 1.29 is 14.7 Å². The summed E-state index contributed by atoms with van der Waals surface area (Å²) < 4.78 is 0. The predicted octanol–water partition coefficient (Wildman–Crippen LogP) is 1.03. The number of piperidine rings is 1. The Labute approximate surface area is 125 Å². The summed E-state index contributed by atoms with van der Waals surface area (Å²) in [7, 11) is 0. The Morgan fingerprint density at radius 1 is 1.33 bits per heavy atom. The Kier molecular flexibility index (Phi) is 4.96. The molecule has 1 aromatic rings. The molecule has 1 fully saturated rings. The van der Waals surface area contributed by atoms with E-state index in [0.29, 0.717) is 18.7 Å². The average molecular weight is 290 g/mol. The molecule has 114 valence electrons. The second-order valence-electron chi connectivity index (χ2n) is 5.68. The van der Waals surface area contributed by atoms with Crippen LogP contribution < -0.4 is 5.32 Å². The number of likely N-dealkylation sites (tertiary alicyclic amines) is 1. The molecule has 0 aromatic heterocycles. The van der Waals surface area contributed by atoms with E-state index in [1.807, 2.05) is 13.0 Å². The summed E-state index contributed by atoms with van der Waals surface area (Å²) in [5.41, 5.74) is 0.532. The minimum absolute atomic E-state index is 0.148. The maximum atomic E-state index is 12.3. The van der Waals surface area contributed by atoms with E-state index < -0.39 is 12.1 Å². The van der Waals surface area contributed by atoms with Crippen LogP contribution in [0.25, 0.3) is 0 Å². The van der Waals surface area contributed by atoms with Crippen molar-refractivity contribution >= 4 is 11.8 Å². The van der Waals surface area contributed by atoms with E-state index in [4.69, 9.17) is 0 Å². The van der Waals surface area contributed by atoms with Gasteiger partial charge in [0.15, 0.2) is 0 Å². The largest absolute Gasteiger partial charge is 0.391 e. The van der Waals surface area contributed by atoms with Crippen LogP contribution in [0.5, 0.6) is 0 Å². The quantitative estimate of drug-likeness (QED) is 0.873. The van der Waals surface area contributed by atoms with E-state index in [1.54, 1.807) is 36.1 Å². The van der Waals surface area contributed by atoms with Crippen LogP contribution in [0, 0.1) is 5.92 Å². The molecule has 0 bridgehead atoms. The summed E-state index contributed by atoms with van der Waals surface area (Å²) >= 11 is 0. The molecule has 2 N–H and O–H groups in total. The summed E-state index contributed by atoms with van der Waals surface area (Å²) in [5.74, 6) is -0.198. The Morgan fingerprint density at radius 2 is 2.00 bits per heavy atom. The first-order valence-corrected chi connectivity index (χ1v) is 7.32. The molecule has 1 saturated heterocycles. The molecule has 0 spiro atoms. The van der Waals surface area contributed by atoms with E-state index in [2.05, 4.69) is 5.32 Å². The molecule has 5 heteroatoms. The van der Waals surface area contributed by atoms with Gasteiger partial charge in [0.2, 0.25) is 5.91 Å². The van der Waals surface area contributed by atoms with E-state index in [1.165, 1.54) is 0 Å². The number of carbonyl (C=O) groups excluding carboxylic acids is 2. The van der Waals surface area contributed by atoms with Crippen LogP contribution in [0.4, 0.5) is 0 Å². The van der Waals surface area contributed by atoms with Crippen molar-refractivity contribution in [3.8, 4) is 0 Å². The van der Waals surface area contributed by atoms with Gasteiger partial charge in [0.1, 0.15) is 6.04 Å². The number of hydrogen-bond donors (Lipinski definition) is 2. The molecule has 0 radical (unpaired) electrons. The number of carbonyl (C=O) groups is 2. The first-order valence-electron chi connectivity index (χ1n) is 7.32. The molecule has 0 saturated carbocycles. The molecule has 0 aliphatic carbocycles. The third kappa shape index (κ3) is 3.82. The molecule has 5 nitrogen and oxygen atoms in total. The summed E-state index contributed by atoms with van der Waals surface area (Å²) in [6.45, 7) is 4.62. The van der Waals surface area contributed by atoms with Crippen LogP contribution in [-0.4, -0.2) is 47.1 Å². The van der Waals surface area contributed by atoms with Gasteiger partial charge in [0.05, 0.1) is 6.10 Å². The summed E-state index contributed by atoms with van der Waals surface area (Å²) in [4.78, 5) is 26.0. The molecule has 21 heavy (non-hydrogen) atoms. The molecular formula is C16H22N2O3. The zero-order valence-electron chi connectivity index (χ0n) is 12.5. The van der Waals surface area contributed by atoms with E-state index in [0.717, 1.165) is 6.42 Å². The van der Waals surface area contributed by atoms with Crippen LogP contribution in [0.15, 0.2) is 30.3 Å². The normalized spacial score (nSPS) is 23.5. The Morgan fingerprint density at radius 3 is 2.62 bits per heavy atom. The third-order valence-corrected chi connectivity index (χ3v) is 3.98. The predicted molar refractivity (Wildman–Crippen MR) is 79.7 cm³/mol. The number of nitrogens with zero attached hydrogens (tertiary/aromatic N) is 1. The number of aliphatic hydroxyl groups excluding tert-OH is 1. The molecule has 3 atom stereocenters. The van der Waals surface area contributed by atoms with Gasteiger partial charge in [0, 0.05) is 18.7 Å².